The summed E-state index contributed by atoms with van der Waals surface area (Å²) in [4.78, 5) is 10.5. The zero-order chi connectivity index (χ0) is 6.41. The lowest BCUT2D eigenvalue weighted by molar-refractivity contribution is -0.110. The van der Waals surface area contributed by atoms with Gasteiger partial charge in [0.1, 0.15) is 0 Å². The average molecular weight is 245 g/mol. The molecule has 0 aliphatic carbocycles. The molecule has 0 unspecified atom stereocenters. The molecule has 0 heterocycles. The van der Waals surface area contributed by atoms with Crippen molar-refractivity contribution in [3.63, 3.8) is 0 Å². The van der Waals surface area contributed by atoms with Crippen LogP contribution in [0.25, 0.3) is 0 Å². The van der Waals surface area contributed by atoms with Crippen molar-refractivity contribution in [3.8, 4) is 0 Å². The second-order valence-corrected chi connectivity index (χ2v) is 3.27. The zero-order valence-electron chi connectivity index (χ0n) is 4.39. The Hall–Kier alpha value is 0.710. The van der Waals surface area contributed by atoms with Crippen LogP contribution in [0.3, 0.4) is 0 Å². The quantitative estimate of drug-likeness (QED) is 0.763. The molecule has 0 radical (unpaired) electrons. The van der Waals surface area contributed by atoms with Crippen molar-refractivity contribution >= 4 is 35.3 Å². The van der Waals surface area contributed by atoms with E-state index in [1.165, 1.54) is 8.93 Å². The highest BCUT2D eigenvalue weighted by Gasteiger charge is 1.96. The molecule has 0 saturated heterocycles. The van der Waals surface area contributed by atoms with Gasteiger partial charge >= 0.3 is 0 Å². The second-order valence-electron chi connectivity index (χ2n) is 1.34. The summed E-state index contributed by atoms with van der Waals surface area (Å²) < 4.78 is 0. The summed E-state index contributed by atoms with van der Waals surface area (Å²) in [6.07, 6.45) is 1.43. The first-order valence-corrected chi connectivity index (χ1v) is 5.68. The second kappa shape index (κ2) is 5.84. The Morgan fingerprint density at radius 3 is 2.75 bits per heavy atom. The Kier molecular flexibility index (Phi) is 6.36. The summed E-state index contributed by atoms with van der Waals surface area (Å²) in [6.45, 7) is 0.614. The highest BCUT2D eigenvalue weighted by atomic mass is 127. The fourth-order valence-electron chi connectivity index (χ4n) is 0.285. The Morgan fingerprint density at radius 1 is 1.75 bits per heavy atom. The van der Waals surface area contributed by atoms with Gasteiger partial charge in [0.15, 0.2) is 5.12 Å². The van der Waals surface area contributed by atoms with Crippen LogP contribution in [-0.4, -0.2) is 11.7 Å². The highest BCUT2D eigenvalue weighted by molar-refractivity contribution is 14.2. The van der Waals surface area contributed by atoms with Crippen LogP contribution < -0.4 is 5.73 Å². The van der Waals surface area contributed by atoms with Crippen LogP contribution in [0.15, 0.2) is 0 Å². The van der Waals surface area contributed by atoms with Crippen molar-refractivity contribution in [2.45, 2.75) is 12.8 Å². The van der Waals surface area contributed by atoms with Gasteiger partial charge in [-0.05, 0) is 21.9 Å². The minimum absolute atomic E-state index is 0.219. The van der Waals surface area contributed by atoms with Gasteiger partial charge in [-0.3, -0.25) is 4.79 Å². The van der Waals surface area contributed by atoms with Crippen LogP contribution in [0.1, 0.15) is 12.8 Å². The van der Waals surface area contributed by atoms with Crippen LogP contribution in [0.5, 0.6) is 0 Å². The predicted molar refractivity (Wildman–Crippen MR) is 44.9 cm³/mol. The lowest BCUT2D eigenvalue weighted by Gasteiger charge is -1.89. The molecule has 0 amide bonds. The van der Waals surface area contributed by atoms with Crippen molar-refractivity contribution < 1.29 is 4.79 Å². The molecular weight excluding hydrogens is 237 g/mol. The van der Waals surface area contributed by atoms with Gasteiger partial charge in [-0.2, -0.15) is 0 Å². The standard InChI is InChI=1S/C4H8INOS/c5-8-4(7)2-1-3-6/h1-3,6H2. The fourth-order valence-corrected chi connectivity index (χ4v) is 1.17. The number of halogens is 1. The molecule has 0 aromatic heterocycles. The van der Waals surface area contributed by atoms with Crippen molar-refractivity contribution in [2.75, 3.05) is 6.54 Å². The fraction of sp³-hybridized carbons (Fsp3) is 0.750. The molecule has 0 aliphatic heterocycles. The minimum atomic E-state index is 0.219. The van der Waals surface area contributed by atoms with Gasteiger partial charge in [0.25, 0.3) is 0 Å². The van der Waals surface area contributed by atoms with Crippen molar-refractivity contribution in [1.29, 1.82) is 0 Å². The Labute approximate surface area is 65.2 Å². The highest BCUT2D eigenvalue weighted by Crippen LogP contribution is 2.14. The summed E-state index contributed by atoms with van der Waals surface area (Å²) in [5.41, 5.74) is 5.17. The van der Waals surface area contributed by atoms with Crippen molar-refractivity contribution in [2.24, 2.45) is 5.73 Å². The van der Waals surface area contributed by atoms with E-state index >= 15 is 0 Å². The summed E-state index contributed by atoms with van der Waals surface area (Å²) in [5, 5.41) is 0.219. The number of hydrogen-bond acceptors (Lipinski definition) is 3. The third kappa shape index (κ3) is 4.86. The van der Waals surface area contributed by atoms with Gasteiger partial charge in [-0.15, -0.1) is 0 Å². The molecule has 2 N–H and O–H groups in total. The Balaban J connectivity index is 2.99. The van der Waals surface area contributed by atoms with E-state index in [1.54, 1.807) is 0 Å². The van der Waals surface area contributed by atoms with E-state index in [0.29, 0.717) is 13.0 Å². The molecule has 0 saturated carbocycles. The van der Waals surface area contributed by atoms with Crippen LogP contribution in [0, 0.1) is 0 Å². The molecule has 0 aromatic rings. The van der Waals surface area contributed by atoms with Crippen molar-refractivity contribution in [3.05, 3.63) is 0 Å². The van der Waals surface area contributed by atoms with Crippen LogP contribution >= 0.6 is 30.1 Å². The first-order valence-electron chi connectivity index (χ1n) is 2.32. The predicted octanol–water partition coefficient (Wildman–Crippen LogP) is 1.34. The number of rotatable bonds is 3. The van der Waals surface area contributed by atoms with Crippen LogP contribution in [0.4, 0.5) is 0 Å². The lowest BCUT2D eigenvalue weighted by Crippen LogP contribution is -2.00. The Bertz CT molecular complexity index is 78.4. The topological polar surface area (TPSA) is 43.1 Å². The van der Waals surface area contributed by atoms with E-state index in [1.807, 2.05) is 21.2 Å². The van der Waals surface area contributed by atoms with Gasteiger partial charge in [-0.1, -0.05) is 0 Å². The van der Waals surface area contributed by atoms with E-state index < -0.39 is 0 Å². The van der Waals surface area contributed by atoms with Crippen LogP contribution in [-0.2, 0) is 4.79 Å². The number of carbonyl (C=O) groups excluding carboxylic acids is 1. The maximum absolute atomic E-state index is 10.5. The third-order valence-electron chi connectivity index (χ3n) is 0.671. The molecule has 2 nitrogen and oxygen atoms in total. The maximum Gasteiger partial charge on any atom is 0.199 e. The summed E-state index contributed by atoms with van der Waals surface area (Å²) in [5.74, 6) is 0. The van der Waals surface area contributed by atoms with Gasteiger partial charge in [0, 0.05) is 27.6 Å². The Morgan fingerprint density at radius 2 is 2.38 bits per heavy atom. The number of hydrogen-bond donors (Lipinski definition) is 1. The molecule has 0 rings (SSSR count). The van der Waals surface area contributed by atoms with Gasteiger partial charge in [0.2, 0.25) is 0 Å². The molecule has 48 valence electrons. The van der Waals surface area contributed by atoms with Gasteiger partial charge < -0.3 is 5.73 Å². The first-order chi connectivity index (χ1) is 3.81. The summed E-state index contributed by atoms with van der Waals surface area (Å²) in [6, 6.07) is 0. The molecule has 0 spiro atoms. The number of nitrogens with two attached hydrogens (primary N) is 1. The SMILES string of the molecule is NCCCC(=O)SI. The molecule has 0 fully saturated rings. The molecule has 0 bridgehead atoms. The maximum atomic E-state index is 10.5. The first kappa shape index (κ1) is 8.71. The van der Waals surface area contributed by atoms with Crippen molar-refractivity contribution in [1.82, 2.24) is 0 Å². The van der Waals surface area contributed by atoms with E-state index in [4.69, 9.17) is 5.73 Å². The van der Waals surface area contributed by atoms with E-state index in [2.05, 4.69) is 0 Å². The molecule has 4 heteroatoms. The average Bonchev–Trinajstić information content (AvgIpc) is 1.83. The number of carbonyl (C=O) groups is 1. The van der Waals surface area contributed by atoms with Crippen LogP contribution in [0.2, 0.25) is 0 Å². The van der Waals surface area contributed by atoms with Gasteiger partial charge in [0.05, 0.1) is 0 Å². The summed E-state index contributed by atoms with van der Waals surface area (Å²) in [7, 11) is 1.24. The molecule has 8 heavy (non-hydrogen) atoms. The van der Waals surface area contributed by atoms with E-state index in [-0.39, 0.29) is 5.12 Å². The van der Waals surface area contributed by atoms with Gasteiger partial charge in [-0.25, -0.2) is 0 Å². The normalized spacial score (nSPS) is 9.25. The molecule has 0 atom stereocenters. The monoisotopic (exact) mass is 245 g/mol. The minimum Gasteiger partial charge on any atom is -0.330 e. The lowest BCUT2D eigenvalue weighted by atomic mass is 10.3. The molecule has 0 aromatic carbocycles. The van der Waals surface area contributed by atoms with E-state index in [9.17, 15) is 4.79 Å². The summed E-state index contributed by atoms with van der Waals surface area (Å²) >= 11 is 1.98. The van der Waals surface area contributed by atoms with E-state index in [0.717, 1.165) is 6.42 Å². The molecular formula is C4H8INOS. The smallest absolute Gasteiger partial charge is 0.199 e. The zero-order valence-corrected chi connectivity index (χ0v) is 7.37. The molecule has 0 aliphatic rings. The largest absolute Gasteiger partial charge is 0.330 e. The third-order valence-corrected chi connectivity index (χ3v) is 2.52.